The molecule has 0 bridgehead atoms. The van der Waals surface area contributed by atoms with Gasteiger partial charge in [-0.05, 0) is 57.1 Å². The second-order valence-corrected chi connectivity index (χ2v) is 13.3. The molecule has 47 heavy (non-hydrogen) atoms. The summed E-state index contributed by atoms with van der Waals surface area (Å²) >= 11 is 0. The molecule has 0 amide bonds. The second kappa shape index (κ2) is 10.7. The van der Waals surface area contributed by atoms with Crippen LogP contribution in [0.5, 0.6) is 0 Å². The maximum atomic E-state index is 5.11. The van der Waals surface area contributed by atoms with Crippen molar-refractivity contribution in [2.45, 2.75) is 25.2 Å². The monoisotopic (exact) mass is 606 g/mol. The number of nitrogens with zero attached hydrogens (tertiary/aromatic N) is 4. The predicted octanol–water partition coefficient (Wildman–Crippen LogP) is 10.2. The molecule has 4 nitrogen and oxygen atoms in total. The van der Waals surface area contributed by atoms with E-state index in [1.54, 1.807) is 0 Å². The molecule has 4 heteroatoms. The molecule has 2 unspecified atom stereocenters. The van der Waals surface area contributed by atoms with Gasteiger partial charge in [0, 0.05) is 40.6 Å². The smallest absolute Gasteiger partial charge is 0.234 e. The molecule has 0 saturated carbocycles. The molecule has 1 aromatic heterocycles. The Kier molecular flexibility index (Phi) is 6.32. The first kappa shape index (κ1) is 27.7. The minimum atomic E-state index is -0.0411. The van der Waals surface area contributed by atoms with Crippen molar-refractivity contribution in [3.8, 4) is 45.0 Å². The van der Waals surface area contributed by atoms with Gasteiger partial charge in [0.2, 0.25) is 5.95 Å². The molecule has 5 aromatic carbocycles. The lowest BCUT2D eigenvalue weighted by Gasteiger charge is -2.39. The molecule has 2 aliphatic carbocycles. The van der Waals surface area contributed by atoms with Crippen LogP contribution in [0.4, 0.5) is 11.6 Å². The van der Waals surface area contributed by atoms with Crippen LogP contribution >= 0.6 is 0 Å². The zero-order chi connectivity index (χ0) is 31.5. The predicted molar refractivity (Wildman–Crippen MR) is 192 cm³/mol. The lowest BCUT2D eigenvalue weighted by Crippen LogP contribution is -2.35. The Morgan fingerprint density at radius 3 is 1.94 bits per heavy atom. The van der Waals surface area contributed by atoms with E-state index in [-0.39, 0.29) is 11.3 Å². The Hall–Kier alpha value is -5.61. The number of benzene rings is 5. The first-order valence-electron chi connectivity index (χ1n) is 16.4. The second-order valence-electron chi connectivity index (χ2n) is 13.3. The summed E-state index contributed by atoms with van der Waals surface area (Å²) < 4.78 is 0. The van der Waals surface area contributed by atoms with E-state index in [1.165, 1.54) is 38.9 Å². The van der Waals surface area contributed by atoms with Crippen molar-refractivity contribution in [1.82, 2.24) is 15.0 Å². The summed E-state index contributed by atoms with van der Waals surface area (Å²) in [5, 5.41) is 0. The molecule has 6 aromatic rings. The van der Waals surface area contributed by atoms with Gasteiger partial charge in [0.25, 0.3) is 0 Å². The first-order valence-corrected chi connectivity index (χ1v) is 16.4. The maximum absolute atomic E-state index is 5.11. The van der Waals surface area contributed by atoms with Gasteiger partial charge in [-0.15, -0.1) is 0 Å². The van der Waals surface area contributed by atoms with Crippen LogP contribution in [0.1, 0.15) is 36.5 Å². The standard InChI is InChI=1S/C43H34N4/c1-43(2)37-20-12-11-19-34(37)35-23-21-31(26-38(35)43)30-22-24-39-36(25-30)33-18-10-9-17-32(33)27-47(39)42-45-40(28-13-5-3-6-14-28)44-41(46-42)29-15-7-4-8-16-29/h3-26,32-33H,27H2,1-2H3. The number of fused-ring (bicyclic) bond motifs is 6. The minimum Gasteiger partial charge on any atom is -0.309 e. The topological polar surface area (TPSA) is 41.9 Å². The molecule has 3 aliphatic rings. The third kappa shape index (κ3) is 4.55. The summed E-state index contributed by atoms with van der Waals surface area (Å²) in [6.07, 6.45) is 9.05. The Morgan fingerprint density at radius 1 is 0.574 bits per heavy atom. The van der Waals surface area contributed by atoms with Gasteiger partial charge in [0.05, 0.1) is 0 Å². The number of hydrogen-bond acceptors (Lipinski definition) is 4. The minimum absolute atomic E-state index is 0.0411. The molecular formula is C43H34N4. The van der Waals surface area contributed by atoms with Gasteiger partial charge in [-0.1, -0.05) is 141 Å². The SMILES string of the molecule is CC1(C)c2ccccc2-c2ccc(-c3ccc4c(c3)C3C=CC=CC3CN4c3nc(-c4ccccc4)nc(-c4ccccc4)n3)cc21. The summed E-state index contributed by atoms with van der Waals surface area (Å²) in [6.45, 7) is 5.48. The normalized spacial score (nSPS) is 18.3. The van der Waals surface area contributed by atoms with Crippen molar-refractivity contribution < 1.29 is 0 Å². The van der Waals surface area contributed by atoms with E-state index in [9.17, 15) is 0 Å². The van der Waals surface area contributed by atoms with Crippen LogP contribution < -0.4 is 4.90 Å². The van der Waals surface area contributed by atoms with Crippen LogP contribution in [0.3, 0.4) is 0 Å². The highest BCUT2D eigenvalue weighted by Gasteiger charge is 2.36. The number of aromatic nitrogens is 3. The molecule has 0 fully saturated rings. The van der Waals surface area contributed by atoms with E-state index in [2.05, 4.69) is 128 Å². The van der Waals surface area contributed by atoms with Crippen molar-refractivity contribution in [3.63, 3.8) is 0 Å². The fraction of sp³-hybridized carbons (Fsp3) is 0.140. The van der Waals surface area contributed by atoms with Crippen molar-refractivity contribution in [3.05, 3.63) is 162 Å². The zero-order valence-corrected chi connectivity index (χ0v) is 26.5. The van der Waals surface area contributed by atoms with Crippen molar-refractivity contribution in [2.24, 2.45) is 5.92 Å². The average Bonchev–Trinajstić information content (AvgIpc) is 3.37. The Labute approximate surface area is 275 Å². The van der Waals surface area contributed by atoms with Crippen LogP contribution in [0.2, 0.25) is 0 Å². The van der Waals surface area contributed by atoms with Crippen molar-refractivity contribution in [1.29, 1.82) is 0 Å². The molecule has 1 aliphatic heterocycles. The molecular weight excluding hydrogens is 573 g/mol. The molecule has 0 N–H and O–H groups in total. The number of allylic oxidation sites excluding steroid dienone is 3. The van der Waals surface area contributed by atoms with E-state index in [4.69, 9.17) is 15.0 Å². The summed E-state index contributed by atoms with van der Waals surface area (Å²) in [6, 6.07) is 43.2. The van der Waals surface area contributed by atoms with Gasteiger partial charge in [0.15, 0.2) is 11.6 Å². The zero-order valence-electron chi connectivity index (χ0n) is 26.5. The fourth-order valence-electron chi connectivity index (χ4n) is 7.71. The number of anilines is 2. The van der Waals surface area contributed by atoms with Gasteiger partial charge < -0.3 is 4.90 Å². The van der Waals surface area contributed by atoms with Gasteiger partial charge in [-0.25, -0.2) is 4.98 Å². The van der Waals surface area contributed by atoms with Gasteiger partial charge in [0.1, 0.15) is 0 Å². The van der Waals surface area contributed by atoms with Crippen LogP contribution in [0, 0.1) is 5.92 Å². The van der Waals surface area contributed by atoms with Crippen molar-refractivity contribution in [2.75, 3.05) is 11.4 Å². The van der Waals surface area contributed by atoms with Gasteiger partial charge in [-0.3, -0.25) is 0 Å². The molecule has 0 saturated heterocycles. The summed E-state index contributed by atoms with van der Waals surface area (Å²) in [5.74, 6) is 2.61. The van der Waals surface area contributed by atoms with Crippen LogP contribution in [-0.4, -0.2) is 21.5 Å². The summed E-state index contributed by atoms with van der Waals surface area (Å²) in [7, 11) is 0. The van der Waals surface area contributed by atoms with E-state index in [0.29, 0.717) is 23.5 Å². The Morgan fingerprint density at radius 2 is 1.19 bits per heavy atom. The van der Waals surface area contributed by atoms with E-state index in [0.717, 1.165) is 23.4 Å². The van der Waals surface area contributed by atoms with Crippen LogP contribution in [-0.2, 0) is 5.41 Å². The molecule has 0 spiro atoms. The lowest BCUT2D eigenvalue weighted by molar-refractivity contribution is 0.552. The lowest BCUT2D eigenvalue weighted by atomic mass is 9.77. The quantitative estimate of drug-likeness (QED) is 0.200. The summed E-state index contributed by atoms with van der Waals surface area (Å²) in [5.41, 5.74) is 12.3. The summed E-state index contributed by atoms with van der Waals surface area (Å²) in [4.78, 5) is 17.5. The van der Waals surface area contributed by atoms with Gasteiger partial charge in [-0.2, -0.15) is 9.97 Å². The van der Waals surface area contributed by atoms with E-state index in [1.807, 2.05) is 36.4 Å². The van der Waals surface area contributed by atoms with E-state index >= 15 is 0 Å². The highest BCUT2D eigenvalue weighted by Crippen LogP contribution is 2.50. The maximum Gasteiger partial charge on any atom is 0.234 e. The number of rotatable bonds is 4. The average molecular weight is 607 g/mol. The van der Waals surface area contributed by atoms with E-state index < -0.39 is 0 Å². The molecule has 0 radical (unpaired) electrons. The van der Waals surface area contributed by atoms with Crippen LogP contribution in [0.15, 0.2) is 146 Å². The Balaban J connectivity index is 1.18. The van der Waals surface area contributed by atoms with Crippen LogP contribution in [0.25, 0.3) is 45.0 Å². The highest BCUT2D eigenvalue weighted by atomic mass is 15.3. The van der Waals surface area contributed by atoms with Gasteiger partial charge >= 0.3 is 0 Å². The largest absolute Gasteiger partial charge is 0.309 e. The molecule has 9 rings (SSSR count). The first-order chi connectivity index (χ1) is 23.0. The fourth-order valence-corrected chi connectivity index (χ4v) is 7.71. The third-order valence-corrected chi connectivity index (χ3v) is 10.2. The molecule has 2 atom stereocenters. The highest BCUT2D eigenvalue weighted by molar-refractivity contribution is 5.84. The number of hydrogen-bond donors (Lipinski definition) is 0. The molecule has 226 valence electrons. The molecule has 2 heterocycles. The third-order valence-electron chi connectivity index (χ3n) is 10.2. The Bertz CT molecular complexity index is 2160. The van der Waals surface area contributed by atoms with Crippen molar-refractivity contribution >= 4 is 11.6 Å².